The second kappa shape index (κ2) is 5.94. The van der Waals surface area contributed by atoms with Gasteiger partial charge in [-0.2, -0.15) is 0 Å². The Morgan fingerprint density at radius 1 is 1.20 bits per heavy atom. The molecule has 0 amide bonds. The number of hydrogen-bond donors (Lipinski definition) is 1. The first kappa shape index (κ1) is 15.6. The first-order valence-corrected chi connectivity index (χ1v) is 7.81. The molecule has 20 heavy (non-hydrogen) atoms. The van der Waals surface area contributed by atoms with Crippen LogP contribution in [0.3, 0.4) is 0 Å². The van der Waals surface area contributed by atoms with Crippen molar-refractivity contribution in [3.63, 3.8) is 0 Å². The van der Waals surface area contributed by atoms with E-state index in [4.69, 9.17) is 9.47 Å². The van der Waals surface area contributed by atoms with Crippen LogP contribution in [-0.4, -0.2) is 26.3 Å². The highest BCUT2D eigenvalue weighted by Gasteiger charge is 2.40. The van der Waals surface area contributed by atoms with Crippen molar-refractivity contribution < 1.29 is 9.47 Å². The fourth-order valence-corrected chi connectivity index (χ4v) is 3.06. The molecular formula is C16H24BrNO2. The Morgan fingerprint density at radius 3 is 2.35 bits per heavy atom. The van der Waals surface area contributed by atoms with Crippen molar-refractivity contribution >= 4 is 15.9 Å². The molecule has 2 unspecified atom stereocenters. The molecule has 2 rings (SSSR count). The monoisotopic (exact) mass is 341 g/mol. The number of hydrogen-bond acceptors (Lipinski definition) is 3. The summed E-state index contributed by atoms with van der Waals surface area (Å²) in [5.41, 5.74) is 1.51. The van der Waals surface area contributed by atoms with Gasteiger partial charge >= 0.3 is 0 Å². The first-order valence-electron chi connectivity index (χ1n) is 7.02. The molecule has 1 aliphatic carbocycles. The third-order valence-corrected chi connectivity index (χ3v) is 4.41. The van der Waals surface area contributed by atoms with Crippen molar-refractivity contribution in [1.29, 1.82) is 0 Å². The van der Waals surface area contributed by atoms with Gasteiger partial charge in [0.15, 0.2) is 11.5 Å². The lowest BCUT2D eigenvalue weighted by atomic mass is 10.1. The summed E-state index contributed by atoms with van der Waals surface area (Å²) in [4.78, 5) is 0. The van der Waals surface area contributed by atoms with Gasteiger partial charge in [0.25, 0.3) is 0 Å². The average Bonchev–Trinajstić information content (AvgIpc) is 3.14. The van der Waals surface area contributed by atoms with E-state index in [0.717, 1.165) is 22.5 Å². The van der Waals surface area contributed by atoms with Crippen molar-refractivity contribution in [1.82, 2.24) is 5.32 Å². The Kier molecular flexibility index (Phi) is 4.65. The van der Waals surface area contributed by atoms with Gasteiger partial charge in [-0.15, -0.1) is 0 Å². The summed E-state index contributed by atoms with van der Waals surface area (Å²) in [5.74, 6) is 2.90. The molecule has 2 atom stereocenters. The van der Waals surface area contributed by atoms with Crippen molar-refractivity contribution in [2.24, 2.45) is 5.92 Å². The third-order valence-electron chi connectivity index (χ3n) is 3.72. The minimum Gasteiger partial charge on any atom is -0.493 e. The van der Waals surface area contributed by atoms with Crippen LogP contribution in [0.2, 0.25) is 0 Å². The van der Waals surface area contributed by atoms with Gasteiger partial charge in [0.05, 0.1) is 14.2 Å². The zero-order chi connectivity index (χ0) is 14.9. The summed E-state index contributed by atoms with van der Waals surface area (Å²) in [6.07, 6.45) is 1.23. The molecule has 0 saturated heterocycles. The predicted molar refractivity (Wildman–Crippen MR) is 85.8 cm³/mol. The van der Waals surface area contributed by atoms with Crippen LogP contribution in [0.4, 0.5) is 0 Å². The summed E-state index contributed by atoms with van der Waals surface area (Å²) in [6.45, 7) is 7.68. The molecule has 1 aromatic rings. The molecule has 0 bridgehead atoms. The Morgan fingerprint density at radius 2 is 1.80 bits per heavy atom. The summed E-state index contributed by atoms with van der Waals surface area (Å²) in [6, 6.07) is 4.10. The van der Waals surface area contributed by atoms with Gasteiger partial charge in [0.1, 0.15) is 0 Å². The SMILES string of the molecule is COc1cc(Br)c(C2CC2CNC(C)(C)C)cc1OC. The first-order chi connectivity index (χ1) is 9.35. The second-order valence-electron chi connectivity index (χ2n) is 6.46. The number of ether oxygens (including phenoxy) is 2. The summed E-state index contributed by atoms with van der Waals surface area (Å²) >= 11 is 3.65. The average molecular weight is 342 g/mol. The van der Waals surface area contributed by atoms with Gasteiger partial charge < -0.3 is 14.8 Å². The van der Waals surface area contributed by atoms with Gasteiger partial charge in [-0.05, 0) is 63.3 Å². The number of benzene rings is 1. The molecule has 0 radical (unpaired) electrons. The van der Waals surface area contributed by atoms with Crippen LogP contribution in [0.15, 0.2) is 16.6 Å². The maximum atomic E-state index is 5.40. The van der Waals surface area contributed by atoms with E-state index in [-0.39, 0.29) is 5.54 Å². The van der Waals surface area contributed by atoms with Crippen LogP contribution in [0.1, 0.15) is 38.7 Å². The predicted octanol–water partition coefficient (Wildman–Crippen LogP) is 3.96. The quantitative estimate of drug-likeness (QED) is 0.879. The number of methoxy groups -OCH3 is 2. The van der Waals surface area contributed by atoms with Crippen LogP contribution in [0.5, 0.6) is 11.5 Å². The fraction of sp³-hybridized carbons (Fsp3) is 0.625. The summed E-state index contributed by atoms with van der Waals surface area (Å²) in [5, 5.41) is 3.58. The van der Waals surface area contributed by atoms with Crippen molar-refractivity contribution in [3.8, 4) is 11.5 Å². The molecule has 1 aliphatic rings. The van der Waals surface area contributed by atoms with Crippen LogP contribution >= 0.6 is 15.9 Å². The molecule has 0 spiro atoms. The van der Waals surface area contributed by atoms with Crippen LogP contribution in [0, 0.1) is 5.92 Å². The van der Waals surface area contributed by atoms with Gasteiger partial charge in [-0.1, -0.05) is 15.9 Å². The van der Waals surface area contributed by atoms with Gasteiger partial charge in [0, 0.05) is 10.0 Å². The molecule has 1 aromatic carbocycles. The topological polar surface area (TPSA) is 30.5 Å². The van der Waals surface area contributed by atoms with E-state index >= 15 is 0 Å². The van der Waals surface area contributed by atoms with Crippen LogP contribution in [-0.2, 0) is 0 Å². The van der Waals surface area contributed by atoms with Gasteiger partial charge in [0.2, 0.25) is 0 Å². The van der Waals surface area contributed by atoms with Crippen LogP contribution < -0.4 is 14.8 Å². The van der Waals surface area contributed by atoms with Crippen LogP contribution in [0.25, 0.3) is 0 Å². The lowest BCUT2D eigenvalue weighted by Crippen LogP contribution is -2.37. The molecule has 1 saturated carbocycles. The summed E-state index contributed by atoms with van der Waals surface area (Å²) < 4.78 is 11.8. The van der Waals surface area contributed by atoms with Crippen molar-refractivity contribution in [2.45, 2.75) is 38.6 Å². The Hall–Kier alpha value is -0.740. The van der Waals surface area contributed by atoms with Gasteiger partial charge in [-0.25, -0.2) is 0 Å². The second-order valence-corrected chi connectivity index (χ2v) is 7.32. The largest absolute Gasteiger partial charge is 0.493 e. The highest BCUT2D eigenvalue weighted by molar-refractivity contribution is 9.10. The fourth-order valence-electron chi connectivity index (χ4n) is 2.45. The molecule has 112 valence electrons. The third kappa shape index (κ3) is 3.67. The Labute approximate surface area is 130 Å². The van der Waals surface area contributed by atoms with E-state index in [2.05, 4.69) is 48.1 Å². The van der Waals surface area contributed by atoms with E-state index in [0.29, 0.717) is 11.8 Å². The standard InChI is InChI=1S/C16H24BrNO2/c1-16(2,3)18-9-10-6-11(10)12-7-14(19-4)15(20-5)8-13(12)17/h7-8,10-11,18H,6,9H2,1-5H3. The van der Waals surface area contributed by atoms with Crippen molar-refractivity contribution in [3.05, 3.63) is 22.2 Å². The maximum Gasteiger partial charge on any atom is 0.161 e. The molecule has 0 aliphatic heterocycles. The number of nitrogens with one attached hydrogen (secondary N) is 1. The van der Waals surface area contributed by atoms with Gasteiger partial charge in [-0.3, -0.25) is 0 Å². The Balaban J connectivity index is 2.08. The highest BCUT2D eigenvalue weighted by Crippen LogP contribution is 2.51. The van der Waals surface area contributed by atoms with E-state index < -0.39 is 0 Å². The normalized spacial score (nSPS) is 21.7. The smallest absolute Gasteiger partial charge is 0.161 e. The summed E-state index contributed by atoms with van der Waals surface area (Å²) in [7, 11) is 3.35. The minimum absolute atomic E-state index is 0.183. The van der Waals surface area contributed by atoms with Crippen molar-refractivity contribution in [2.75, 3.05) is 20.8 Å². The molecule has 1 fully saturated rings. The minimum atomic E-state index is 0.183. The molecule has 0 heterocycles. The number of halogens is 1. The lowest BCUT2D eigenvalue weighted by Gasteiger charge is -2.20. The van der Waals surface area contributed by atoms with E-state index in [1.807, 2.05) is 6.07 Å². The van der Waals surface area contributed by atoms with E-state index in [9.17, 15) is 0 Å². The van der Waals surface area contributed by atoms with E-state index in [1.165, 1.54) is 12.0 Å². The van der Waals surface area contributed by atoms with E-state index in [1.54, 1.807) is 14.2 Å². The maximum absolute atomic E-state index is 5.40. The molecule has 0 aromatic heterocycles. The molecule has 4 heteroatoms. The Bertz CT molecular complexity index is 482. The molecule has 1 N–H and O–H groups in total. The zero-order valence-corrected chi connectivity index (χ0v) is 14.5. The molecular weight excluding hydrogens is 318 g/mol. The molecule has 3 nitrogen and oxygen atoms in total. The zero-order valence-electron chi connectivity index (χ0n) is 12.9. The lowest BCUT2D eigenvalue weighted by molar-refractivity contribution is 0.354. The highest BCUT2D eigenvalue weighted by atomic mass is 79.9. The number of rotatable bonds is 5.